The molecule has 0 amide bonds. The normalized spacial score (nSPS) is 17.1. The summed E-state index contributed by atoms with van der Waals surface area (Å²) in [6.45, 7) is 0.00938. The first kappa shape index (κ1) is 12.3. The Morgan fingerprint density at radius 2 is 2.20 bits per heavy atom. The van der Waals surface area contributed by atoms with E-state index in [9.17, 15) is 9.90 Å². The molecule has 0 fully saturated rings. The summed E-state index contributed by atoms with van der Waals surface area (Å²) in [5.41, 5.74) is 0.965. The number of fused-ring (bicyclic) bond motifs is 1. The van der Waals surface area contributed by atoms with Gasteiger partial charge in [-0.15, -0.1) is 0 Å². The van der Waals surface area contributed by atoms with E-state index in [-0.39, 0.29) is 23.9 Å². The molecule has 20 heavy (non-hydrogen) atoms. The van der Waals surface area contributed by atoms with E-state index in [1.54, 1.807) is 18.2 Å². The SMILES string of the molecule is N#Cc1ccc2c(c1)C(OC1=CC(=O)CC1)=C(O)CO2. The van der Waals surface area contributed by atoms with Crippen LogP contribution in [-0.2, 0) is 9.53 Å². The maximum Gasteiger partial charge on any atom is 0.178 e. The maximum absolute atomic E-state index is 11.2. The Hall–Kier alpha value is -2.74. The van der Waals surface area contributed by atoms with E-state index in [1.165, 1.54) is 6.08 Å². The summed E-state index contributed by atoms with van der Waals surface area (Å²) in [6.07, 6.45) is 2.37. The van der Waals surface area contributed by atoms with Gasteiger partial charge in [0.1, 0.15) is 18.1 Å². The zero-order valence-electron chi connectivity index (χ0n) is 10.5. The van der Waals surface area contributed by atoms with Crippen molar-refractivity contribution in [2.24, 2.45) is 0 Å². The number of nitrogens with zero attached hydrogens (tertiary/aromatic N) is 1. The van der Waals surface area contributed by atoms with Crippen molar-refractivity contribution in [3.05, 3.63) is 46.9 Å². The minimum absolute atomic E-state index is 0.00938. The predicted molar refractivity (Wildman–Crippen MR) is 69.6 cm³/mol. The fourth-order valence-corrected chi connectivity index (χ4v) is 2.17. The van der Waals surface area contributed by atoms with Crippen molar-refractivity contribution in [2.45, 2.75) is 12.8 Å². The molecular weight excluding hydrogens is 258 g/mol. The second kappa shape index (κ2) is 4.74. The molecule has 5 heteroatoms. The zero-order chi connectivity index (χ0) is 14.1. The Labute approximate surface area is 115 Å². The number of aliphatic hydroxyl groups excluding tert-OH is 1. The number of carbonyl (C=O) groups is 1. The molecule has 0 aromatic heterocycles. The topological polar surface area (TPSA) is 79.5 Å². The highest BCUT2D eigenvalue weighted by atomic mass is 16.5. The molecule has 1 heterocycles. The lowest BCUT2D eigenvalue weighted by Gasteiger charge is -2.21. The highest BCUT2D eigenvalue weighted by Gasteiger charge is 2.25. The van der Waals surface area contributed by atoms with Gasteiger partial charge in [0.2, 0.25) is 0 Å². The van der Waals surface area contributed by atoms with Crippen molar-refractivity contribution in [1.82, 2.24) is 0 Å². The molecule has 0 saturated heterocycles. The molecule has 0 bridgehead atoms. The minimum atomic E-state index is -0.0483. The monoisotopic (exact) mass is 269 g/mol. The van der Waals surface area contributed by atoms with Crippen LogP contribution in [0.25, 0.3) is 5.76 Å². The Morgan fingerprint density at radius 3 is 2.90 bits per heavy atom. The number of hydrogen-bond donors (Lipinski definition) is 1. The van der Waals surface area contributed by atoms with Crippen molar-refractivity contribution in [1.29, 1.82) is 5.26 Å². The Kier molecular flexibility index (Phi) is 2.92. The molecule has 5 nitrogen and oxygen atoms in total. The van der Waals surface area contributed by atoms with E-state index in [0.717, 1.165) is 0 Å². The molecule has 0 unspecified atom stereocenters. The molecule has 1 aliphatic heterocycles. The molecule has 100 valence electrons. The number of rotatable bonds is 2. The molecule has 0 spiro atoms. The summed E-state index contributed by atoms with van der Waals surface area (Å²) in [5.74, 6) is 1.28. The first-order valence-corrected chi connectivity index (χ1v) is 6.18. The van der Waals surface area contributed by atoms with Crippen molar-refractivity contribution in [3.63, 3.8) is 0 Å². The lowest BCUT2D eigenvalue weighted by Crippen LogP contribution is -2.12. The average Bonchev–Trinajstić information content (AvgIpc) is 2.87. The number of benzene rings is 1. The number of nitriles is 1. The van der Waals surface area contributed by atoms with Crippen molar-refractivity contribution >= 4 is 11.5 Å². The van der Waals surface area contributed by atoms with Crippen LogP contribution >= 0.6 is 0 Å². The summed E-state index contributed by atoms with van der Waals surface area (Å²) in [5, 5.41) is 18.9. The molecule has 0 radical (unpaired) electrons. The first-order valence-electron chi connectivity index (χ1n) is 6.18. The summed E-state index contributed by atoms with van der Waals surface area (Å²) in [4.78, 5) is 11.2. The quantitative estimate of drug-likeness (QED) is 0.892. The predicted octanol–water partition coefficient (Wildman–Crippen LogP) is 2.44. The lowest BCUT2D eigenvalue weighted by atomic mass is 10.1. The molecule has 3 rings (SSSR count). The van der Waals surface area contributed by atoms with Crippen molar-refractivity contribution < 1.29 is 19.4 Å². The molecule has 2 aliphatic rings. The molecule has 1 N–H and O–H groups in total. The van der Waals surface area contributed by atoms with Crippen molar-refractivity contribution in [2.75, 3.05) is 6.61 Å². The fraction of sp³-hybridized carbons (Fsp3) is 0.200. The summed E-state index contributed by atoms with van der Waals surface area (Å²) in [7, 11) is 0. The Bertz CT molecular complexity index is 694. The minimum Gasteiger partial charge on any atom is -0.505 e. The van der Waals surface area contributed by atoms with Gasteiger partial charge in [-0.2, -0.15) is 5.26 Å². The highest BCUT2D eigenvalue weighted by molar-refractivity contribution is 5.92. The molecule has 1 aromatic carbocycles. The smallest absolute Gasteiger partial charge is 0.178 e. The number of aliphatic hydroxyl groups is 1. The lowest BCUT2D eigenvalue weighted by molar-refractivity contribution is -0.114. The highest BCUT2D eigenvalue weighted by Crippen LogP contribution is 2.36. The first-order chi connectivity index (χ1) is 9.67. The van der Waals surface area contributed by atoms with Crippen LogP contribution in [0.3, 0.4) is 0 Å². The van der Waals surface area contributed by atoms with Gasteiger partial charge in [0, 0.05) is 18.9 Å². The molecular formula is C15H11NO4. The van der Waals surface area contributed by atoms with Gasteiger partial charge in [0.25, 0.3) is 0 Å². The zero-order valence-corrected chi connectivity index (χ0v) is 10.5. The fourth-order valence-electron chi connectivity index (χ4n) is 2.17. The third kappa shape index (κ3) is 2.12. The van der Waals surface area contributed by atoms with Crippen LogP contribution in [0.1, 0.15) is 24.0 Å². The summed E-state index contributed by atoms with van der Waals surface area (Å²) in [6, 6.07) is 6.92. The standard InChI is InChI=1S/C15H11NO4/c16-7-9-1-4-14-12(5-9)15(13(18)8-19-14)20-11-3-2-10(17)6-11/h1,4-6,18H,2-3,8H2. The van der Waals surface area contributed by atoms with Gasteiger partial charge in [0.15, 0.2) is 17.3 Å². The molecule has 1 aromatic rings. The average molecular weight is 269 g/mol. The van der Waals surface area contributed by atoms with Crippen LogP contribution in [0, 0.1) is 11.3 Å². The van der Waals surface area contributed by atoms with Gasteiger partial charge in [-0.05, 0) is 18.2 Å². The second-order valence-electron chi connectivity index (χ2n) is 4.57. The van der Waals surface area contributed by atoms with E-state index in [0.29, 0.717) is 35.5 Å². The third-order valence-corrected chi connectivity index (χ3v) is 3.15. The van der Waals surface area contributed by atoms with E-state index in [2.05, 4.69) is 0 Å². The van der Waals surface area contributed by atoms with Crippen LogP contribution in [0.4, 0.5) is 0 Å². The van der Waals surface area contributed by atoms with Crippen LogP contribution in [0.2, 0.25) is 0 Å². The van der Waals surface area contributed by atoms with E-state index in [4.69, 9.17) is 14.7 Å². The van der Waals surface area contributed by atoms with Gasteiger partial charge in [0.05, 0.1) is 17.2 Å². The summed E-state index contributed by atoms with van der Waals surface area (Å²) < 4.78 is 11.0. The largest absolute Gasteiger partial charge is 0.505 e. The molecule has 1 aliphatic carbocycles. The van der Waals surface area contributed by atoms with Crippen LogP contribution in [0.5, 0.6) is 5.75 Å². The molecule has 0 atom stereocenters. The Morgan fingerprint density at radius 1 is 1.35 bits per heavy atom. The van der Waals surface area contributed by atoms with Gasteiger partial charge in [-0.3, -0.25) is 4.79 Å². The summed E-state index contributed by atoms with van der Waals surface area (Å²) >= 11 is 0. The van der Waals surface area contributed by atoms with Crippen LogP contribution in [0.15, 0.2) is 35.8 Å². The number of allylic oxidation sites excluding steroid dienone is 2. The Balaban J connectivity index is 2.00. The van der Waals surface area contributed by atoms with Crippen LogP contribution < -0.4 is 4.74 Å². The van der Waals surface area contributed by atoms with Gasteiger partial charge < -0.3 is 14.6 Å². The third-order valence-electron chi connectivity index (χ3n) is 3.15. The second-order valence-corrected chi connectivity index (χ2v) is 4.57. The van der Waals surface area contributed by atoms with E-state index in [1.807, 2.05) is 6.07 Å². The van der Waals surface area contributed by atoms with E-state index >= 15 is 0 Å². The molecule has 0 saturated carbocycles. The number of ketones is 1. The number of carbonyl (C=O) groups excluding carboxylic acids is 1. The van der Waals surface area contributed by atoms with E-state index < -0.39 is 0 Å². The van der Waals surface area contributed by atoms with Gasteiger partial charge in [-0.25, -0.2) is 0 Å². The van der Waals surface area contributed by atoms with Gasteiger partial charge >= 0.3 is 0 Å². The number of ether oxygens (including phenoxy) is 2. The number of hydrogen-bond acceptors (Lipinski definition) is 5. The van der Waals surface area contributed by atoms with Crippen LogP contribution in [-0.4, -0.2) is 17.5 Å². The van der Waals surface area contributed by atoms with Crippen molar-refractivity contribution in [3.8, 4) is 11.8 Å². The maximum atomic E-state index is 11.2. The van der Waals surface area contributed by atoms with Gasteiger partial charge in [-0.1, -0.05) is 0 Å².